The van der Waals surface area contributed by atoms with Gasteiger partial charge in [0.25, 0.3) is 0 Å². The number of rotatable bonds is 3. The molecule has 0 radical (unpaired) electrons. The van der Waals surface area contributed by atoms with E-state index < -0.39 is 0 Å². The van der Waals surface area contributed by atoms with E-state index in [0.717, 1.165) is 0 Å². The van der Waals surface area contributed by atoms with E-state index in [9.17, 15) is 4.39 Å². The zero-order valence-electron chi connectivity index (χ0n) is 9.32. The molecule has 1 aromatic carbocycles. The van der Waals surface area contributed by atoms with Crippen molar-refractivity contribution in [2.24, 2.45) is 0 Å². The van der Waals surface area contributed by atoms with Gasteiger partial charge in [0.2, 0.25) is 5.95 Å². The van der Waals surface area contributed by atoms with Crippen molar-refractivity contribution in [3.8, 4) is 17.1 Å². The second kappa shape index (κ2) is 5.49. The molecular weight excluding hydrogens is 247 g/mol. The first-order valence-corrected chi connectivity index (χ1v) is 4.68. The number of nitrogens with one attached hydrogen (secondary N) is 2. The summed E-state index contributed by atoms with van der Waals surface area (Å²) in [6, 6.07) is 4.22. The number of hydrogen-bond donors (Lipinski definition) is 2. The Morgan fingerprint density at radius 2 is 2.18 bits per heavy atom. The molecule has 2 N–H and O–H groups in total. The number of H-pyrrole nitrogens is 1. The number of halogens is 2. The molecule has 0 atom stereocenters. The average Bonchev–Trinajstić information content (AvgIpc) is 2.77. The lowest BCUT2D eigenvalue weighted by atomic mass is 10.2. The van der Waals surface area contributed by atoms with Crippen molar-refractivity contribution < 1.29 is 9.13 Å². The number of aromatic amines is 1. The van der Waals surface area contributed by atoms with E-state index in [2.05, 4.69) is 20.5 Å². The molecule has 92 valence electrons. The molecule has 0 spiro atoms. The third kappa shape index (κ3) is 2.65. The van der Waals surface area contributed by atoms with Crippen molar-refractivity contribution in [2.45, 2.75) is 0 Å². The van der Waals surface area contributed by atoms with Crippen LogP contribution in [0.5, 0.6) is 5.75 Å². The molecule has 0 aliphatic heterocycles. The Morgan fingerprint density at radius 3 is 2.76 bits per heavy atom. The van der Waals surface area contributed by atoms with Crippen molar-refractivity contribution in [2.75, 3.05) is 19.5 Å². The van der Waals surface area contributed by atoms with E-state index in [-0.39, 0.29) is 18.2 Å². The van der Waals surface area contributed by atoms with Gasteiger partial charge >= 0.3 is 0 Å². The lowest BCUT2D eigenvalue weighted by Gasteiger charge is -2.04. The van der Waals surface area contributed by atoms with E-state index in [1.54, 1.807) is 13.1 Å². The molecule has 5 nitrogen and oxygen atoms in total. The predicted octanol–water partition coefficient (Wildman–Crippen LogP) is 2.08. The van der Waals surface area contributed by atoms with Crippen LogP contribution in [-0.2, 0) is 0 Å². The first kappa shape index (κ1) is 13.2. The molecule has 0 unspecified atom stereocenters. The topological polar surface area (TPSA) is 62.8 Å². The summed E-state index contributed by atoms with van der Waals surface area (Å²) < 4.78 is 18.2. The van der Waals surface area contributed by atoms with Crippen molar-refractivity contribution in [1.82, 2.24) is 15.2 Å². The SMILES string of the molecule is CNc1n[nH]c(-c2cc(F)ccc2OC)n1.Cl. The van der Waals surface area contributed by atoms with Gasteiger partial charge in [0.15, 0.2) is 5.82 Å². The smallest absolute Gasteiger partial charge is 0.242 e. The minimum absolute atomic E-state index is 0. The number of benzene rings is 1. The number of ether oxygens (including phenoxy) is 1. The first-order valence-electron chi connectivity index (χ1n) is 4.68. The summed E-state index contributed by atoms with van der Waals surface area (Å²) in [4.78, 5) is 4.12. The highest BCUT2D eigenvalue weighted by Crippen LogP contribution is 2.28. The Morgan fingerprint density at radius 1 is 1.41 bits per heavy atom. The maximum atomic E-state index is 13.1. The lowest BCUT2D eigenvalue weighted by Crippen LogP contribution is -1.91. The van der Waals surface area contributed by atoms with Crippen LogP contribution in [0.25, 0.3) is 11.4 Å². The van der Waals surface area contributed by atoms with Gasteiger partial charge < -0.3 is 10.1 Å². The molecule has 0 amide bonds. The Balaban J connectivity index is 0.00000144. The number of hydrogen-bond acceptors (Lipinski definition) is 4. The van der Waals surface area contributed by atoms with Gasteiger partial charge in [-0.25, -0.2) is 4.39 Å². The average molecular weight is 259 g/mol. The van der Waals surface area contributed by atoms with E-state index in [1.165, 1.54) is 19.2 Å². The maximum absolute atomic E-state index is 13.1. The largest absolute Gasteiger partial charge is 0.496 e. The number of aromatic nitrogens is 3. The highest BCUT2D eigenvalue weighted by molar-refractivity contribution is 5.85. The van der Waals surface area contributed by atoms with Crippen molar-refractivity contribution in [3.63, 3.8) is 0 Å². The molecule has 2 aromatic rings. The second-order valence-corrected chi connectivity index (χ2v) is 3.10. The number of methoxy groups -OCH3 is 1. The summed E-state index contributed by atoms with van der Waals surface area (Å²) in [6.45, 7) is 0. The Hall–Kier alpha value is -1.82. The van der Waals surface area contributed by atoms with Crippen molar-refractivity contribution in [1.29, 1.82) is 0 Å². The standard InChI is InChI=1S/C10H11FN4O.ClH/c1-12-10-13-9(14-15-10)7-5-6(11)3-4-8(7)16-2;/h3-5H,1-2H3,(H2,12,13,14,15);1H. The molecule has 7 heteroatoms. The summed E-state index contributed by atoms with van der Waals surface area (Å²) in [5.41, 5.74) is 0.538. The summed E-state index contributed by atoms with van der Waals surface area (Å²) >= 11 is 0. The zero-order valence-corrected chi connectivity index (χ0v) is 10.1. The highest BCUT2D eigenvalue weighted by Gasteiger charge is 2.11. The van der Waals surface area contributed by atoms with Gasteiger partial charge in [-0.05, 0) is 18.2 Å². The molecule has 0 aliphatic rings. The quantitative estimate of drug-likeness (QED) is 0.885. The van der Waals surface area contributed by atoms with E-state index in [4.69, 9.17) is 4.74 Å². The van der Waals surface area contributed by atoms with Crippen LogP contribution in [0.4, 0.5) is 10.3 Å². The Bertz CT molecular complexity index is 503. The summed E-state index contributed by atoms with van der Waals surface area (Å²) in [6.07, 6.45) is 0. The Labute approximate surface area is 104 Å². The number of nitrogens with zero attached hydrogens (tertiary/aromatic N) is 2. The molecule has 0 saturated carbocycles. The molecule has 0 fully saturated rings. The Kier molecular flexibility index (Phi) is 4.28. The molecule has 17 heavy (non-hydrogen) atoms. The van der Waals surface area contributed by atoms with Crippen LogP contribution in [-0.4, -0.2) is 29.3 Å². The molecule has 0 saturated heterocycles. The highest BCUT2D eigenvalue weighted by atomic mass is 35.5. The lowest BCUT2D eigenvalue weighted by molar-refractivity contribution is 0.415. The van der Waals surface area contributed by atoms with Gasteiger partial charge in [-0.2, -0.15) is 4.98 Å². The van der Waals surface area contributed by atoms with Crippen molar-refractivity contribution >= 4 is 18.4 Å². The van der Waals surface area contributed by atoms with Crippen LogP contribution in [0.3, 0.4) is 0 Å². The van der Waals surface area contributed by atoms with E-state index >= 15 is 0 Å². The molecule has 1 aromatic heterocycles. The summed E-state index contributed by atoms with van der Waals surface area (Å²) in [5.74, 6) is 1.10. The number of anilines is 1. The summed E-state index contributed by atoms with van der Waals surface area (Å²) in [7, 11) is 3.22. The fourth-order valence-electron chi connectivity index (χ4n) is 1.36. The van der Waals surface area contributed by atoms with Crippen LogP contribution in [0, 0.1) is 5.82 Å². The maximum Gasteiger partial charge on any atom is 0.242 e. The minimum Gasteiger partial charge on any atom is -0.496 e. The van der Waals surface area contributed by atoms with Crippen LogP contribution in [0.1, 0.15) is 0 Å². The molecular formula is C10H12ClFN4O. The molecule has 0 bridgehead atoms. The third-order valence-corrected chi connectivity index (χ3v) is 2.13. The molecule has 0 aliphatic carbocycles. The van der Waals surface area contributed by atoms with Gasteiger partial charge in [-0.1, -0.05) is 0 Å². The van der Waals surface area contributed by atoms with Gasteiger partial charge in [0.05, 0.1) is 12.7 Å². The van der Waals surface area contributed by atoms with Gasteiger partial charge in [-0.15, -0.1) is 17.5 Å². The van der Waals surface area contributed by atoms with Crippen LogP contribution in [0.15, 0.2) is 18.2 Å². The second-order valence-electron chi connectivity index (χ2n) is 3.10. The normalized spacial score (nSPS) is 9.59. The molecule has 1 heterocycles. The minimum atomic E-state index is -0.349. The van der Waals surface area contributed by atoms with Crippen LogP contribution in [0.2, 0.25) is 0 Å². The summed E-state index contributed by atoms with van der Waals surface area (Å²) in [5, 5.41) is 9.38. The van der Waals surface area contributed by atoms with Crippen LogP contribution >= 0.6 is 12.4 Å². The fraction of sp³-hybridized carbons (Fsp3) is 0.200. The fourth-order valence-corrected chi connectivity index (χ4v) is 1.36. The zero-order chi connectivity index (χ0) is 11.5. The van der Waals surface area contributed by atoms with Gasteiger partial charge in [0, 0.05) is 7.05 Å². The predicted molar refractivity (Wildman–Crippen MR) is 65.1 cm³/mol. The monoisotopic (exact) mass is 258 g/mol. The van der Waals surface area contributed by atoms with Gasteiger partial charge in [0.1, 0.15) is 11.6 Å². The van der Waals surface area contributed by atoms with E-state index in [0.29, 0.717) is 23.1 Å². The van der Waals surface area contributed by atoms with Crippen molar-refractivity contribution in [3.05, 3.63) is 24.0 Å². The van der Waals surface area contributed by atoms with Gasteiger partial charge in [-0.3, -0.25) is 5.10 Å². The molecule has 2 rings (SSSR count). The van der Waals surface area contributed by atoms with E-state index in [1.807, 2.05) is 0 Å². The third-order valence-electron chi connectivity index (χ3n) is 2.13. The first-order chi connectivity index (χ1) is 7.74. The van der Waals surface area contributed by atoms with Crippen LogP contribution < -0.4 is 10.1 Å².